The first kappa shape index (κ1) is 32.7. The fourth-order valence-electron chi connectivity index (χ4n) is 4.86. The summed E-state index contributed by atoms with van der Waals surface area (Å²) in [5.74, 6) is 0.220. The highest BCUT2D eigenvalue weighted by Gasteiger charge is 2.30. The molecule has 0 bridgehead atoms. The molecule has 0 spiro atoms. The van der Waals surface area contributed by atoms with E-state index in [1.165, 1.54) is 10.6 Å². The van der Waals surface area contributed by atoms with E-state index in [4.69, 9.17) is 4.74 Å². The van der Waals surface area contributed by atoms with Crippen molar-refractivity contribution in [2.24, 2.45) is 0 Å². The fraction of sp³-hybridized carbons (Fsp3) is 0.394. The summed E-state index contributed by atoms with van der Waals surface area (Å²) in [6.45, 7) is 6.63. The van der Waals surface area contributed by atoms with Crippen LogP contribution in [0.2, 0.25) is 0 Å². The largest absolute Gasteiger partial charge is 0.497 e. The number of nitrogens with zero attached hydrogens (tertiary/aromatic N) is 2. The molecule has 9 heteroatoms. The van der Waals surface area contributed by atoms with E-state index in [0.717, 1.165) is 28.7 Å². The summed E-state index contributed by atoms with van der Waals surface area (Å²) in [4.78, 5) is 29.1. The summed E-state index contributed by atoms with van der Waals surface area (Å²) in [5, 5.41) is 2.98. The SMILES string of the molecule is CCCNC(=O)[C@H](Cc1ccccc1)N(Cc1cccc(OC)c1)C(=O)CCCN(c1cc(C)ccc1C)S(C)(=O)=O. The number of anilines is 1. The molecule has 3 aromatic carbocycles. The van der Waals surface area contributed by atoms with E-state index in [2.05, 4.69) is 5.32 Å². The molecule has 0 aliphatic heterocycles. The molecule has 0 saturated heterocycles. The van der Waals surface area contributed by atoms with Crippen LogP contribution in [0.5, 0.6) is 5.75 Å². The third-order valence-corrected chi connectivity index (χ3v) is 8.27. The molecule has 3 aromatic rings. The average Bonchev–Trinajstić information content (AvgIpc) is 2.97. The third kappa shape index (κ3) is 9.34. The first-order chi connectivity index (χ1) is 20.0. The summed E-state index contributed by atoms with van der Waals surface area (Å²) < 4.78 is 32.3. The highest BCUT2D eigenvalue weighted by Crippen LogP contribution is 2.25. The Bertz CT molecular complexity index is 1440. The predicted octanol–water partition coefficient (Wildman–Crippen LogP) is 5.02. The predicted molar refractivity (Wildman–Crippen MR) is 168 cm³/mol. The van der Waals surface area contributed by atoms with E-state index < -0.39 is 16.1 Å². The molecule has 1 N–H and O–H groups in total. The summed E-state index contributed by atoms with van der Waals surface area (Å²) in [6.07, 6.45) is 2.67. The van der Waals surface area contributed by atoms with Crippen molar-refractivity contribution in [2.75, 3.05) is 30.8 Å². The number of rotatable bonds is 15. The zero-order valence-corrected chi connectivity index (χ0v) is 26.1. The second-order valence-corrected chi connectivity index (χ2v) is 12.5. The van der Waals surface area contributed by atoms with Crippen LogP contribution in [-0.2, 0) is 32.6 Å². The second kappa shape index (κ2) is 15.4. The minimum absolute atomic E-state index is 0.0766. The lowest BCUT2D eigenvalue weighted by atomic mass is 10.0. The molecule has 8 nitrogen and oxygen atoms in total. The number of carbonyl (C=O) groups excluding carboxylic acids is 2. The normalized spacial score (nSPS) is 11.9. The Morgan fingerprint density at radius 2 is 1.67 bits per heavy atom. The molecule has 2 amide bonds. The van der Waals surface area contributed by atoms with Crippen LogP contribution in [-0.4, -0.2) is 57.6 Å². The number of sulfonamides is 1. The van der Waals surface area contributed by atoms with Crippen LogP contribution < -0.4 is 14.4 Å². The van der Waals surface area contributed by atoms with Crippen molar-refractivity contribution in [3.05, 3.63) is 95.1 Å². The van der Waals surface area contributed by atoms with E-state index >= 15 is 0 Å². The van der Waals surface area contributed by atoms with Crippen molar-refractivity contribution < 1.29 is 22.7 Å². The molecule has 0 aromatic heterocycles. The Morgan fingerprint density at radius 1 is 0.952 bits per heavy atom. The number of methoxy groups -OCH3 is 1. The van der Waals surface area contributed by atoms with Gasteiger partial charge in [0.1, 0.15) is 11.8 Å². The van der Waals surface area contributed by atoms with E-state index in [0.29, 0.717) is 30.8 Å². The van der Waals surface area contributed by atoms with Gasteiger partial charge in [-0.1, -0.05) is 61.5 Å². The van der Waals surface area contributed by atoms with Crippen molar-refractivity contribution in [3.63, 3.8) is 0 Å². The van der Waals surface area contributed by atoms with Crippen LogP contribution >= 0.6 is 0 Å². The van der Waals surface area contributed by atoms with Crippen molar-refractivity contribution in [3.8, 4) is 5.75 Å². The van der Waals surface area contributed by atoms with Crippen LogP contribution in [0.1, 0.15) is 48.4 Å². The number of benzene rings is 3. The van der Waals surface area contributed by atoms with E-state index in [9.17, 15) is 18.0 Å². The van der Waals surface area contributed by atoms with Crippen LogP contribution in [0, 0.1) is 13.8 Å². The maximum absolute atomic E-state index is 13.9. The van der Waals surface area contributed by atoms with Crippen molar-refractivity contribution in [2.45, 2.75) is 59.0 Å². The first-order valence-corrected chi connectivity index (χ1v) is 16.2. The minimum Gasteiger partial charge on any atom is -0.497 e. The standard InChI is InChI=1S/C33H43N3O5S/c1-6-19-34-33(38)31(23-27-12-8-7-9-13-27)35(24-28-14-10-15-29(22-28)41-4)32(37)16-11-20-36(42(5,39)40)30-21-25(2)17-18-26(30)3/h7-10,12-15,17-18,21-22,31H,6,11,16,19-20,23-24H2,1-5H3,(H,34,38)/t31-/m0/s1. The Balaban J connectivity index is 1.90. The summed E-state index contributed by atoms with van der Waals surface area (Å²) >= 11 is 0. The van der Waals surface area contributed by atoms with Gasteiger partial charge >= 0.3 is 0 Å². The lowest BCUT2D eigenvalue weighted by Gasteiger charge is -2.32. The number of hydrogen-bond donors (Lipinski definition) is 1. The van der Waals surface area contributed by atoms with Gasteiger partial charge in [0.15, 0.2) is 0 Å². The van der Waals surface area contributed by atoms with E-state index in [1.807, 2.05) is 93.6 Å². The molecule has 42 heavy (non-hydrogen) atoms. The molecule has 0 aliphatic rings. The van der Waals surface area contributed by atoms with E-state index in [1.54, 1.807) is 12.0 Å². The highest BCUT2D eigenvalue weighted by atomic mass is 32.2. The Hall–Kier alpha value is -3.85. The monoisotopic (exact) mass is 593 g/mol. The Kier molecular flexibility index (Phi) is 12.0. The molecular formula is C33H43N3O5S. The lowest BCUT2D eigenvalue weighted by Crippen LogP contribution is -2.50. The maximum Gasteiger partial charge on any atom is 0.243 e. The summed E-state index contributed by atoms with van der Waals surface area (Å²) in [5.41, 5.74) is 4.17. The van der Waals surface area contributed by atoms with Gasteiger partial charge < -0.3 is 15.0 Å². The van der Waals surface area contributed by atoms with Crippen molar-refractivity contribution >= 4 is 27.5 Å². The van der Waals surface area contributed by atoms with Gasteiger partial charge in [-0.05, 0) is 67.1 Å². The molecule has 1 atom stereocenters. The average molecular weight is 594 g/mol. The third-order valence-electron chi connectivity index (χ3n) is 7.09. The van der Waals surface area contributed by atoms with Gasteiger partial charge in [0.25, 0.3) is 0 Å². The van der Waals surface area contributed by atoms with Gasteiger partial charge in [-0.3, -0.25) is 13.9 Å². The number of aryl methyl sites for hydroxylation is 2. The molecule has 0 radical (unpaired) electrons. The van der Waals surface area contributed by atoms with Gasteiger partial charge in [0, 0.05) is 32.5 Å². The van der Waals surface area contributed by atoms with Gasteiger partial charge in [0.05, 0.1) is 19.1 Å². The maximum atomic E-state index is 13.9. The molecule has 0 fully saturated rings. The topological polar surface area (TPSA) is 96.0 Å². The van der Waals surface area contributed by atoms with E-state index in [-0.39, 0.29) is 31.3 Å². The molecule has 3 rings (SSSR count). The minimum atomic E-state index is -3.58. The molecule has 0 aliphatic carbocycles. The number of nitrogens with one attached hydrogen (secondary N) is 1. The number of amides is 2. The number of hydrogen-bond acceptors (Lipinski definition) is 5. The summed E-state index contributed by atoms with van der Waals surface area (Å²) in [7, 11) is -2.00. The quantitative estimate of drug-likeness (QED) is 0.267. The zero-order valence-electron chi connectivity index (χ0n) is 25.3. The number of carbonyl (C=O) groups is 2. The molecular weight excluding hydrogens is 550 g/mol. The van der Waals surface area contributed by atoms with Crippen LogP contribution in [0.25, 0.3) is 0 Å². The van der Waals surface area contributed by atoms with Crippen LogP contribution in [0.15, 0.2) is 72.8 Å². The Labute approximate surface area is 250 Å². The van der Waals surface area contributed by atoms with Crippen LogP contribution in [0.4, 0.5) is 5.69 Å². The van der Waals surface area contributed by atoms with Crippen molar-refractivity contribution in [1.82, 2.24) is 10.2 Å². The number of ether oxygens (including phenoxy) is 1. The van der Waals surface area contributed by atoms with Gasteiger partial charge in [-0.25, -0.2) is 8.42 Å². The molecule has 0 heterocycles. The van der Waals surface area contributed by atoms with Crippen LogP contribution in [0.3, 0.4) is 0 Å². The fourth-order valence-corrected chi connectivity index (χ4v) is 5.87. The van der Waals surface area contributed by atoms with Gasteiger partial charge in [0.2, 0.25) is 21.8 Å². The lowest BCUT2D eigenvalue weighted by molar-refractivity contribution is -0.141. The summed E-state index contributed by atoms with van der Waals surface area (Å²) in [6, 6.07) is 22.0. The zero-order chi connectivity index (χ0) is 30.7. The smallest absolute Gasteiger partial charge is 0.243 e. The molecule has 226 valence electrons. The Morgan fingerprint density at radius 3 is 2.33 bits per heavy atom. The molecule has 0 unspecified atom stereocenters. The highest BCUT2D eigenvalue weighted by molar-refractivity contribution is 7.92. The second-order valence-electron chi connectivity index (χ2n) is 10.6. The first-order valence-electron chi connectivity index (χ1n) is 14.3. The van der Waals surface area contributed by atoms with Gasteiger partial charge in [-0.2, -0.15) is 0 Å². The molecule has 0 saturated carbocycles. The van der Waals surface area contributed by atoms with Crippen molar-refractivity contribution in [1.29, 1.82) is 0 Å². The van der Waals surface area contributed by atoms with Gasteiger partial charge in [-0.15, -0.1) is 0 Å².